The maximum atomic E-state index is 4.48. The number of nitrogens with one attached hydrogen (secondary N) is 2. The van der Waals surface area contributed by atoms with Crippen molar-refractivity contribution in [2.45, 2.75) is 19.8 Å². The third kappa shape index (κ3) is 3.70. The van der Waals surface area contributed by atoms with Crippen LogP contribution in [-0.4, -0.2) is 31.1 Å². The summed E-state index contributed by atoms with van der Waals surface area (Å²) in [6.45, 7) is 3.93. The predicted octanol–water partition coefficient (Wildman–Crippen LogP) is 2.35. The number of aromatic nitrogens is 1. The maximum Gasteiger partial charge on any atom is 0.190 e. The quantitative estimate of drug-likeness (QED) is 0.647. The van der Waals surface area contributed by atoms with Crippen molar-refractivity contribution < 1.29 is 0 Å². The van der Waals surface area contributed by atoms with Crippen molar-refractivity contribution in [2.75, 3.05) is 20.1 Å². The lowest BCUT2D eigenvalue weighted by molar-refractivity contribution is 0.774. The van der Waals surface area contributed by atoms with E-state index in [0.29, 0.717) is 0 Å². The van der Waals surface area contributed by atoms with Crippen LogP contribution in [0, 0.1) is 0 Å². The molecule has 0 saturated carbocycles. The summed E-state index contributed by atoms with van der Waals surface area (Å²) in [5.41, 5.74) is 2.36. The van der Waals surface area contributed by atoms with Gasteiger partial charge in [0.15, 0.2) is 5.96 Å². The fraction of sp³-hybridized carbons (Fsp3) is 0.375. The van der Waals surface area contributed by atoms with E-state index in [9.17, 15) is 0 Å². The molecule has 0 atom stereocenters. The van der Waals surface area contributed by atoms with Crippen LogP contribution in [0.4, 0.5) is 0 Å². The molecule has 1 heterocycles. The van der Waals surface area contributed by atoms with Gasteiger partial charge in [0, 0.05) is 31.7 Å². The molecule has 106 valence electrons. The third-order valence-electron chi connectivity index (χ3n) is 3.17. The van der Waals surface area contributed by atoms with Gasteiger partial charge in [0.25, 0.3) is 0 Å². The molecule has 2 rings (SSSR count). The van der Waals surface area contributed by atoms with Crippen LogP contribution in [0.1, 0.15) is 18.9 Å². The summed E-state index contributed by atoms with van der Waals surface area (Å²) in [5, 5.41) is 7.79. The van der Waals surface area contributed by atoms with Gasteiger partial charge in [-0.2, -0.15) is 0 Å². The first-order valence-corrected chi connectivity index (χ1v) is 7.12. The summed E-state index contributed by atoms with van der Waals surface area (Å²) >= 11 is 0. The lowest BCUT2D eigenvalue weighted by Gasteiger charge is -2.11. The van der Waals surface area contributed by atoms with Crippen molar-refractivity contribution in [1.29, 1.82) is 0 Å². The number of aliphatic imine (C=N–C) groups is 1. The second-order valence-electron chi connectivity index (χ2n) is 4.67. The van der Waals surface area contributed by atoms with Gasteiger partial charge >= 0.3 is 0 Å². The van der Waals surface area contributed by atoms with Crippen LogP contribution in [0.5, 0.6) is 0 Å². The molecule has 1 aromatic carbocycles. The number of pyridine rings is 1. The normalized spacial score (nSPS) is 11.6. The smallest absolute Gasteiger partial charge is 0.190 e. The first-order chi connectivity index (χ1) is 9.85. The molecule has 0 aliphatic rings. The van der Waals surface area contributed by atoms with Gasteiger partial charge < -0.3 is 10.6 Å². The fourth-order valence-electron chi connectivity index (χ4n) is 2.15. The van der Waals surface area contributed by atoms with Crippen molar-refractivity contribution >= 4 is 16.9 Å². The Hall–Kier alpha value is -2.10. The molecule has 2 N–H and O–H groups in total. The van der Waals surface area contributed by atoms with Gasteiger partial charge in [0.05, 0.1) is 5.52 Å². The molecule has 1 aromatic heterocycles. The van der Waals surface area contributed by atoms with Gasteiger partial charge in [-0.25, -0.2) is 0 Å². The molecule has 0 fully saturated rings. The lowest BCUT2D eigenvalue weighted by Crippen LogP contribution is -2.38. The number of rotatable bonds is 5. The van der Waals surface area contributed by atoms with Crippen molar-refractivity contribution in [2.24, 2.45) is 4.99 Å². The Kier molecular flexibility index (Phi) is 5.35. The number of guanidine groups is 1. The van der Waals surface area contributed by atoms with Crippen LogP contribution in [0.2, 0.25) is 0 Å². The van der Waals surface area contributed by atoms with E-state index in [2.05, 4.69) is 51.8 Å². The molecule has 0 bridgehead atoms. The summed E-state index contributed by atoms with van der Waals surface area (Å²) in [7, 11) is 1.80. The monoisotopic (exact) mass is 270 g/mol. The largest absolute Gasteiger partial charge is 0.356 e. The summed E-state index contributed by atoms with van der Waals surface area (Å²) < 4.78 is 0. The first-order valence-electron chi connectivity index (χ1n) is 7.12. The maximum absolute atomic E-state index is 4.48. The number of hydrogen-bond acceptors (Lipinski definition) is 2. The molecule has 4 heteroatoms. The van der Waals surface area contributed by atoms with E-state index >= 15 is 0 Å². The van der Waals surface area contributed by atoms with E-state index in [1.54, 1.807) is 7.05 Å². The van der Waals surface area contributed by atoms with Crippen molar-refractivity contribution in [3.63, 3.8) is 0 Å². The molecule has 0 spiro atoms. The van der Waals surface area contributed by atoms with E-state index < -0.39 is 0 Å². The van der Waals surface area contributed by atoms with Gasteiger partial charge in [-0.05, 0) is 24.5 Å². The minimum absolute atomic E-state index is 0.846. The molecule has 0 radical (unpaired) electrons. The lowest BCUT2D eigenvalue weighted by atomic mass is 10.1. The summed E-state index contributed by atoms with van der Waals surface area (Å²) in [5.74, 6) is 0.861. The minimum Gasteiger partial charge on any atom is -0.356 e. The number of para-hydroxylation sites is 1. The Morgan fingerprint density at radius 1 is 1.15 bits per heavy atom. The molecular weight excluding hydrogens is 248 g/mol. The summed E-state index contributed by atoms with van der Waals surface area (Å²) in [4.78, 5) is 8.67. The van der Waals surface area contributed by atoms with Gasteiger partial charge in [0.1, 0.15) is 0 Å². The Morgan fingerprint density at radius 2 is 1.95 bits per heavy atom. The van der Waals surface area contributed by atoms with E-state index in [0.717, 1.165) is 37.4 Å². The molecule has 2 aromatic rings. The molecule has 4 nitrogen and oxygen atoms in total. The molecule has 0 aliphatic heterocycles. The van der Waals surface area contributed by atoms with Crippen molar-refractivity contribution in [3.8, 4) is 0 Å². The first kappa shape index (κ1) is 14.3. The highest BCUT2D eigenvalue weighted by Gasteiger charge is 2.02. The molecule has 0 aliphatic carbocycles. The summed E-state index contributed by atoms with van der Waals surface area (Å²) in [6, 6.07) is 10.4. The van der Waals surface area contributed by atoms with Crippen LogP contribution in [-0.2, 0) is 6.42 Å². The number of benzene rings is 1. The van der Waals surface area contributed by atoms with Gasteiger partial charge in [-0.1, -0.05) is 31.2 Å². The molecule has 0 saturated heterocycles. The topological polar surface area (TPSA) is 49.3 Å². The van der Waals surface area contributed by atoms with Crippen molar-refractivity contribution in [1.82, 2.24) is 15.6 Å². The van der Waals surface area contributed by atoms with E-state index in [1.165, 1.54) is 10.9 Å². The number of fused-ring (bicyclic) bond motifs is 1. The average Bonchev–Trinajstić information content (AvgIpc) is 2.51. The molecule has 20 heavy (non-hydrogen) atoms. The van der Waals surface area contributed by atoms with Gasteiger partial charge in [-0.15, -0.1) is 0 Å². The Labute approximate surface area is 120 Å². The Balaban J connectivity index is 1.96. The second-order valence-corrected chi connectivity index (χ2v) is 4.67. The number of hydrogen-bond donors (Lipinski definition) is 2. The zero-order valence-corrected chi connectivity index (χ0v) is 12.2. The SMILES string of the molecule is CCCNC(=NC)NCCc1cccc2cccnc12. The molecule has 0 amide bonds. The second kappa shape index (κ2) is 7.48. The van der Waals surface area contributed by atoms with Crippen LogP contribution in [0.15, 0.2) is 41.5 Å². The van der Waals surface area contributed by atoms with Gasteiger partial charge in [-0.3, -0.25) is 9.98 Å². The number of nitrogens with zero attached hydrogens (tertiary/aromatic N) is 2. The van der Waals surface area contributed by atoms with E-state index in [-0.39, 0.29) is 0 Å². The molecule has 0 unspecified atom stereocenters. The summed E-state index contributed by atoms with van der Waals surface area (Å²) in [6.07, 6.45) is 3.87. The average molecular weight is 270 g/mol. The highest BCUT2D eigenvalue weighted by atomic mass is 15.2. The fourth-order valence-corrected chi connectivity index (χ4v) is 2.15. The molecular formula is C16H22N4. The van der Waals surface area contributed by atoms with Crippen LogP contribution in [0.3, 0.4) is 0 Å². The Bertz CT molecular complexity index is 572. The third-order valence-corrected chi connectivity index (χ3v) is 3.17. The standard InChI is InChI=1S/C16H22N4/c1-3-10-19-16(17-2)20-12-9-14-7-4-6-13-8-5-11-18-15(13)14/h4-8,11H,3,9-10,12H2,1-2H3,(H2,17,19,20). The van der Waals surface area contributed by atoms with Crippen molar-refractivity contribution in [3.05, 3.63) is 42.1 Å². The predicted molar refractivity (Wildman–Crippen MR) is 85.1 cm³/mol. The highest BCUT2D eigenvalue weighted by molar-refractivity contribution is 5.82. The van der Waals surface area contributed by atoms with Crippen LogP contribution in [0.25, 0.3) is 10.9 Å². The Morgan fingerprint density at radius 3 is 2.75 bits per heavy atom. The minimum atomic E-state index is 0.846. The highest BCUT2D eigenvalue weighted by Crippen LogP contribution is 2.15. The van der Waals surface area contributed by atoms with E-state index in [1.807, 2.05) is 12.3 Å². The van der Waals surface area contributed by atoms with Crippen LogP contribution >= 0.6 is 0 Å². The van der Waals surface area contributed by atoms with Gasteiger partial charge in [0.2, 0.25) is 0 Å². The zero-order valence-electron chi connectivity index (χ0n) is 12.2. The van der Waals surface area contributed by atoms with Crippen LogP contribution < -0.4 is 10.6 Å². The zero-order chi connectivity index (χ0) is 14.2. The van der Waals surface area contributed by atoms with E-state index in [4.69, 9.17) is 0 Å².